The van der Waals surface area contributed by atoms with Gasteiger partial charge < -0.3 is 14.5 Å². The molecule has 148 valence electrons. The number of rotatable bonds is 5. The highest BCUT2D eigenvalue weighted by atomic mass is 35.5. The van der Waals surface area contributed by atoms with Crippen molar-refractivity contribution < 1.29 is 14.3 Å². The molecule has 0 spiro atoms. The number of likely N-dealkylation sites (tertiary alicyclic amines) is 1. The van der Waals surface area contributed by atoms with Crippen LogP contribution in [0.1, 0.15) is 28.8 Å². The minimum Gasteiger partial charge on any atom is -0.496 e. The monoisotopic (exact) mass is 420 g/mol. The van der Waals surface area contributed by atoms with Gasteiger partial charge in [0.15, 0.2) is 0 Å². The molecule has 1 aliphatic rings. The molecule has 3 rings (SSSR count). The molecule has 28 heavy (non-hydrogen) atoms. The number of benzene rings is 2. The third kappa shape index (κ3) is 4.42. The Bertz CT molecular complexity index is 888. The van der Waals surface area contributed by atoms with E-state index in [-0.39, 0.29) is 11.8 Å². The summed E-state index contributed by atoms with van der Waals surface area (Å²) >= 11 is 12.1. The predicted octanol–water partition coefficient (Wildman–Crippen LogP) is 4.27. The summed E-state index contributed by atoms with van der Waals surface area (Å²) in [5.41, 5.74) is 1.31. The lowest BCUT2D eigenvalue weighted by Gasteiger charge is -2.28. The summed E-state index contributed by atoms with van der Waals surface area (Å²) in [4.78, 5) is 29.4. The number of amides is 2. The Balaban J connectivity index is 1.77. The highest BCUT2D eigenvalue weighted by molar-refractivity contribution is 6.31. The molecule has 7 heteroatoms. The van der Waals surface area contributed by atoms with Crippen LogP contribution in [0.2, 0.25) is 10.0 Å². The third-order valence-corrected chi connectivity index (χ3v) is 5.35. The van der Waals surface area contributed by atoms with Gasteiger partial charge in [0, 0.05) is 30.2 Å². The van der Waals surface area contributed by atoms with E-state index in [0.717, 1.165) is 12.0 Å². The van der Waals surface area contributed by atoms with Crippen LogP contribution in [0.25, 0.3) is 0 Å². The van der Waals surface area contributed by atoms with Crippen LogP contribution < -0.4 is 4.74 Å². The Hall–Kier alpha value is -2.24. The zero-order chi connectivity index (χ0) is 20.3. The molecular weight excluding hydrogens is 399 g/mol. The van der Waals surface area contributed by atoms with Crippen LogP contribution >= 0.6 is 23.2 Å². The molecular formula is C21H22Cl2N2O3. The van der Waals surface area contributed by atoms with Gasteiger partial charge in [-0.05, 0) is 48.7 Å². The number of methoxy groups -OCH3 is 1. The first-order valence-corrected chi connectivity index (χ1v) is 9.80. The Morgan fingerprint density at radius 1 is 1.18 bits per heavy atom. The molecule has 2 aromatic rings. The lowest BCUT2D eigenvalue weighted by molar-refractivity contribution is -0.134. The predicted molar refractivity (Wildman–Crippen MR) is 110 cm³/mol. The Morgan fingerprint density at radius 2 is 1.93 bits per heavy atom. The largest absolute Gasteiger partial charge is 0.496 e. The molecule has 0 N–H and O–H groups in total. The normalized spacial score (nSPS) is 16.1. The molecule has 1 unspecified atom stereocenters. The van der Waals surface area contributed by atoms with Crippen LogP contribution in [-0.2, 0) is 11.3 Å². The molecule has 0 radical (unpaired) electrons. The molecule has 5 nitrogen and oxygen atoms in total. The zero-order valence-electron chi connectivity index (χ0n) is 15.8. The van der Waals surface area contributed by atoms with Gasteiger partial charge in [-0.2, -0.15) is 0 Å². The summed E-state index contributed by atoms with van der Waals surface area (Å²) in [6.45, 7) is 0.953. The van der Waals surface area contributed by atoms with E-state index >= 15 is 0 Å². The van der Waals surface area contributed by atoms with E-state index in [0.29, 0.717) is 40.9 Å². The number of halogens is 2. The molecule has 1 fully saturated rings. The molecule has 0 aliphatic carbocycles. The van der Waals surface area contributed by atoms with Gasteiger partial charge in [0.2, 0.25) is 5.91 Å². The van der Waals surface area contributed by atoms with Crippen LogP contribution in [0.5, 0.6) is 5.75 Å². The first-order chi connectivity index (χ1) is 13.4. The lowest BCUT2D eigenvalue weighted by Crippen LogP contribution is -2.46. The maximum atomic E-state index is 13.1. The zero-order valence-corrected chi connectivity index (χ0v) is 17.3. The van der Waals surface area contributed by atoms with Crippen molar-refractivity contribution in [3.63, 3.8) is 0 Å². The third-order valence-electron chi connectivity index (χ3n) is 4.88. The van der Waals surface area contributed by atoms with E-state index in [1.165, 1.54) is 7.11 Å². The maximum absolute atomic E-state index is 13.1. The molecule has 2 amide bonds. The lowest BCUT2D eigenvalue weighted by atomic mass is 10.1. The van der Waals surface area contributed by atoms with Crippen LogP contribution in [0.4, 0.5) is 0 Å². The van der Waals surface area contributed by atoms with Crippen molar-refractivity contribution in [2.45, 2.75) is 25.4 Å². The molecule has 0 aromatic heterocycles. The average molecular weight is 421 g/mol. The number of hydrogen-bond donors (Lipinski definition) is 0. The molecule has 2 aromatic carbocycles. The van der Waals surface area contributed by atoms with Crippen LogP contribution in [0, 0.1) is 0 Å². The quantitative estimate of drug-likeness (QED) is 0.725. The van der Waals surface area contributed by atoms with E-state index < -0.39 is 6.04 Å². The second-order valence-corrected chi connectivity index (χ2v) is 7.70. The van der Waals surface area contributed by atoms with Crippen LogP contribution in [-0.4, -0.2) is 48.4 Å². The van der Waals surface area contributed by atoms with E-state index in [4.69, 9.17) is 27.9 Å². The van der Waals surface area contributed by atoms with E-state index in [2.05, 4.69) is 0 Å². The van der Waals surface area contributed by atoms with Crippen molar-refractivity contribution in [1.29, 1.82) is 0 Å². The fourth-order valence-corrected chi connectivity index (χ4v) is 3.90. The summed E-state index contributed by atoms with van der Waals surface area (Å²) < 4.78 is 5.30. The summed E-state index contributed by atoms with van der Waals surface area (Å²) in [6.07, 6.45) is 1.41. The fraction of sp³-hybridized carbons (Fsp3) is 0.333. The Labute approximate surface area is 174 Å². The van der Waals surface area contributed by atoms with Crippen LogP contribution in [0.15, 0.2) is 42.5 Å². The van der Waals surface area contributed by atoms with Gasteiger partial charge in [-0.15, -0.1) is 0 Å². The van der Waals surface area contributed by atoms with Crippen molar-refractivity contribution in [2.24, 2.45) is 0 Å². The van der Waals surface area contributed by atoms with Gasteiger partial charge in [-0.1, -0.05) is 35.3 Å². The highest BCUT2D eigenvalue weighted by Gasteiger charge is 2.37. The summed E-state index contributed by atoms with van der Waals surface area (Å²) in [6, 6.07) is 11.8. The van der Waals surface area contributed by atoms with Crippen molar-refractivity contribution in [3.8, 4) is 5.75 Å². The number of likely N-dealkylation sites (N-methyl/N-ethyl adjacent to an activating group) is 1. The van der Waals surface area contributed by atoms with E-state index in [1.54, 1.807) is 41.1 Å². The molecule has 1 atom stereocenters. The van der Waals surface area contributed by atoms with E-state index in [1.807, 2.05) is 18.2 Å². The Kier molecular flexibility index (Phi) is 6.47. The standard InChI is InChI=1S/C21H22Cl2N2O3/c1-24(13-14-5-3-6-15(22)11-14)21(27)18-7-4-10-25(18)20(26)17-12-16(23)8-9-19(17)28-2/h3,5-6,8-9,11-12,18H,4,7,10,13H2,1-2H3. The first kappa shape index (κ1) is 20.5. The number of carbonyl (C=O) groups is 2. The Morgan fingerprint density at radius 3 is 2.64 bits per heavy atom. The SMILES string of the molecule is COc1ccc(Cl)cc1C(=O)N1CCCC1C(=O)N(C)Cc1cccc(Cl)c1. The van der Waals surface area contributed by atoms with Gasteiger partial charge in [-0.3, -0.25) is 9.59 Å². The molecule has 1 saturated heterocycles. The van der Waals surface area contributed by atoms with Crippen molar-refractivity contribution in [1.82, 2.24) is 9.80 Å². The van der Waals surface area contributed by atoms with Crippen molar-refractivity contribution in [3.05, 3.63) is 63.6 Å². The van der Waals surface area contributed by atoms with Gasteiger partial charge in [0.05, 0.1) is 12.7 Å². The van der Waals surface area contributed by atoms with E-state index in [9.17, 15) is 9.59 Å². The van der Waals surface area contributed by atoms with Gasteiger partial charge in [-0.25, -0.2) is 0 Å². The van der Waals surface area contributed by atoms with Gasteiger partial charge in [0.25, 0.3) is 5.91 Å². The highest BCUT2D eigenvalue weighted by Crippen LogP contribution is 2.28. The first-order valence-electron chi connectivity index (χ1n) is 9.04. The number of hydrogen-bond acceptors (Lipinski definition) is 3. The minimum absolute atomic E-state index is 0.0909. The molecule has 1 aliphatic heterocycles. The minimum atomic E-state index is -0.500. The van der Waals surface area contributed by atoms with Gasteiger partial charge >= 0.3 is 0 Å². The second kappa shape index (κ2) is 8.84. The smallest absolute Gasteiger partial charge is 0.258 e. The van der Waals surface area contributed by atoms with Crippen molar-refractivity contribution in [2.75, 3.05) is 20.7 Å². The summed E-state index contributed by atoms with van der Waals surface area (Å²) in [5.74, 6) is 0.109. The number of ether oxygens (including phenoxy) is 1. The number of nitrogens with zero attached hydrogens (tertiary/aromatic N) is 2. The fourth-order valence-electron chi connectivity index (χ4n) is 3.51. The summed E-state index contributed by atoms with van der Waals surface area (Å²) in [7, 11) is 3.25. The van der Waals surface area contributed by atoms with Crippen LogP contribution in [0.3, 0.4) is 0 Å². The molecule has 0 bridgehead atoms. The average Bonchev–Trinajstić information content (AvgIpc) is 3.16. The second-order valence-electron chi connectivity index (χ2n) is 6.83. The topological polar surface area (TPSA) is 49.9 Å². The summed E-state index contributed by atoms with van der Waals surface area (Å²) in [5, 5.41) is 1.08. The van der Waals surface area contributed by atoms with Gasteiger partial charge in [0.1, 0.15) is 11.8 Å². The molecule has 0 saturated carbocycles. The maximum Gasteiger partial charge on any atom is 0.258 e. The molecule has 1 heterocycles. The number of carbonyl (C=O) groups excluding carboxylic acids is 2. The van der Waals surface area contributed by atoms with Crippen molar-refractivity contribution >= 4 is 35.0 Å².